The maximum absolute atomic E-state index is 11.0. The summed E-state index contributed by atoms with van der Waals surface area (Å²) in [5, 5.41) is 9.07. The van der Waals surface area contributed by atoms with Gasteiger partial charge in [0.1, 0.15) is 5.75 Å². The van der Waals surface area contributed by atoms with Gasteiger partial charge >= 0.3 is 5.97 Å². The molecule has 1 N–H and O–H groups in total. The van der Waals surface area contributed by atoms with E-state index in [1.54, 1.807) is 7.11 Å². The maximum atomic E-state index is 11.0. The quantitative estimate of drug-likeness (QED) is 0.866. The van der Waals surface area contributed by atoms with E-state index in [0.717, 1.165) is 17.7 Å². The fraction of sp³-hybridized carbons (Fsp3) is 0.462. The monoisotopic (exact) mass is 236 g/mol. The summed E-state index contributed by atoms with van der Waals surface area (Å²) in [7, 11) is 1.60. The summed E-state index contributed by atoms with van der Waals surface area (Å²) < 4.78 is 10.7. The summed E-state index contributed by atoms with van der Waals surface area (Å²) in [6.45, 7) is 1.05. The van der Waals surface area contributed by atoms with Gasteiger partial charge < -0.3 is 14.6 Å². The molecule has 0 saturated carbocycles. The molecular weight excluding hydrogens is 220 g/mol. The van der Waals surface area contributed by atoms with Crippen molar-refractivity contribution < 1.29 is 19.4 Å². The summed E-state index contributed by atoms with van der Waals surface area (Å²) in [5.41, 5.74) is 0.487. The second-order valence-corrected chi connectivity index (χ2v) is 4.35. The number of benzene rings is 1. The van der Waals surface area contributed by atoms with Crippen molar-refractivity contribution in [1.82, 2.24) is 0 Å². The molecule has 0 radical (unpaired) electrons. The third-order valence-electron chi connectivity index (χ3n) is 3.27. The van der Waals surface area contributed by atoms with E-state index in [9.17, 15) is 4.79 Å². The Morgan fingerprint density at radius 1 is 1.53 bits per heavy atom. The zero-order valence-corrected chi connectivity index (χ0v) is 9.81. The fourth-order valence-electron chi connectivity index (χ4n) is 2.43. The molecule has 2 rings (SSSR count). The van der Waals surface area contributed by atoms with Crippen molar-refractivity contribution in [2.24, 2.45) is 0 Å². The van der Waals surface area contributed by atoms with Crippen LogP contribution in [0.2, 0.25) is 0 Å². The molecule has 17 heavy (non-hydrogen) atoms. The lowest BCUT2D eigenvalue weighted by Gasteiger charge is -2.27. The molecule has 1 aromatic carbocycles. The maximum Gasteiger partial charge on any atom is 0.304 e. The minimum absolute atomic E-state index is 0.0768. The van der Waals surface area contributed by atoms with Crippen LogP contribution in [0.5, 0.6) is 5.75 Å². The Morgan fingerprint density at radius 3 is 2.88 bits per heavy atom. The second-order valence-electron chi connectivity index (χ2n) is 4.35. The topological polar surface area (TPSA) is 55.8 Å². The highest BCUT2D eigenvalue weighted by atomic mass is 16.5. The lowest BCUT2D eigenvalue weighted by molar-refractivity contribution is -0.138. The lowest BCUT2D eigenvalue weighted by atomic mass is 9.76. The first-order valence-electron chi connectivity index (χ1n) is 5.61. The number of aliphatic carboxylic acids is 1. The average molecular weight is 236 g/mol. The molecule has 0 bridgehead atoms. The first kappa shape index (κ1) is 11.9. The van der Waals surface area contributed by atoms with Crippen molar-refractivity contribution in [2.75, 3.05) is 20.3 Å². The molecule has 0 aliphatic carbocycles. The number of rotatable bonds is 4. The van der Waals surface area contributed by atoms with Crippen LogP contribution in [0, 0.1) is 0 Å². The molecule has 1 aliphatic rings. The minimum Gasteiger partial charge on any atom is -0.496 e. The van der Waals surface area contributed by atoms with Crippen molar-refractivity contribution in [1.29, 1.82) is 0 Å². The van der Waals surface area contributed by atoms with Gasteiger partial charge in [-0.1, -0.05) is 18.2 Å². The van der Waals surface area contributed by atoms with Crippen molar-refractivity contribution >= 4 is 5.97 Å². The largest absolute Gasteiger partial charge is 0.496 e. The minimum atomic E-state index is -0.804. The van der Waals surface area contributed by atoms with Gasteiger partial charge in [0.2, 0.25) is 0 Å². The van der Waals surface area contributed by atoms with Crippen LogP contribution >= 0.6 is 0 Å². The second kappa shape index (κ2) is 4.75. The van der Waals surface area contributed by atoms with Gasteiger partial charge in [0, 0.05) is 17.6 Å². The Kier molecular flexibility index (Phi) is 3.33. The Balaban J connectivity index is 2.41. The molecule has 1 unspecified atom stereocenters. The first-order valence-corrected chi connectivity index (χ1v) is 5.61. The van der Waals surface area contributed by atoms with Crippen LogP contribution in [0.3, 0.4) is 0 Å². The van der Waals surface area contributed by atoms with Gasteiger partial charge in [-0.05, 0) is 12.5 Å². The van der Waals surface area contributed by atoms with Crippen LogP contribution in [-0.4, -0.2) is 31.4 Å². The molecule has 1 saturated heterocycles. The third-order valence-corrected chi connectivity index (χ3v) is 3.27. The van der Waals surface area contributed by atoms with Gasteiger partial charge in [-0.3, -0.25) is 4.79 Å². The third kappa shape index (κ3) is 2.26. The standard InChI is InChI=1S/C13H16O4/c1-16-11-5-3-2-4-10(11)13(8-12(14)15)6-7-17-9-13/h2-5H,6-9H2,1H3,(H,14,15). The smallest absolute Gasteiger partial charge is 0.304 e. The summed E-state index contributed by atoms with van der Waals surface area (Å²) in [6, 6.07) is 7.57. The summed E-state index contributed by atoms with van der Waals surface area (Å²) in [5.74, 6) is -0.0688. The lowest BCUT2D eigenvalue weighted by Crippen LogP contribution is -2.30. The number of para-hydroxylation sites is 1. The van der Waals surface area contributed by atoms with Gasteiger partial charge in [0.15, 0.2) is 0 Å². The van der Waals surface area contributed by atoms with E-state index in [1.807, 2.05) is 24.3 Å². The molecule has 0 spiro atoms. The van der Waals surface area contributed by atoms with Crippen LogP contribution in [0.25, 0.3) is 0 Å². The molecule has 4 heteroatoms. The first-order chi connectivity index (χ1) is 8.18. The fourth-order valence-corrected chi connectivity index (χ4v) is 2.43. The Bertz CT molecular complexity index is 408. The van der Waals surface area contributed by atoms with Crippen molar-refractivity contribution in [3.63, 3.8) is 0 Å². The van der Waals surface area contributed by atoms with E-state index in [1.165, 1.54) is 0 Å². The molecule has 1 fully saturated rings. The Hall–Kier alpha value is -1.55. The number of carboxylic acids is 1. The van der Waals surface area contributed by atoms with Crippen molar-refractivity contribution in [3.05, 3.63) is 29.8 Å². The highest BCUT2D eigenvalue weighted by Gasteiger charge is 2.40. The van der Waals surface area contributed by atoms with E-state index in [-0.39, 0.29) is 6.42 Å². The molecule has 0 amide bonds. The van der Waals surface area contributed by atoms with Gasteiger partial charge in [0.05, 0.1) is 20.1 Å². The van der Waals surface area contributed by atoms with Crippen LogP contribution in [0.4, 0.5) is 0 Å². The van der Waals surface area contributed by atoms with E-state index >= 15 is 0 Å². The predicted octanol–water partition coefficient (Wildman–Crippen LogP) is 1.83. The van der Waals surface area contributed by atoms with Gasteiger partial charge in [-0.15, -0.1) is 0 Å². The molecule has 0 aromatic heterocycles. The summed E-state index contributed by atoms with van der Waals surface area (Å²) >= 11 is 0. The molecule has 1 aromatic rings. The summed E-state index contributed by atoms with van der Waals surface area (Å²) in [6.07, 6.45) is 0.799. The zero-order chi connectivity index (χ0) is 12.3. The van der Waals surface area contributed by atoms with Gasteiger partial charge in [-0.25, -0.2) is 0 Å². The number of methoxy groups -OCH3 is 1. The number of carbonyl (C=O) groups is 1. The van der Waals surface area contributed by atoms with Crippen LogP contribution < -0.4 is 4.74 Å². The normalized spacial score (nSPS) is 23.6. The summed E-state index contributed by atoms with van der Waals surface area (Å²) in [4.78, 5) is 11.0. The predicted molar refractivity (Wildman–Crippen MR) is 62.4 cm³/mol. The Labute approximate surface area is 100 Å². The highest BCUT2D eigenvalue weighted by Crippen LogP contribution is 2.40. The van der Waals surface area contributed by atoms with Gasteiger partial charge in [0.25, 0.3) is 0 Å². The van der Waals surface area contributed by atoms with E-state index < -0.39 is 11.4 Å². The average Bonchev–Trinajstić information content (AvgIpc) is 2.77. The highest BCUT2D eigenvalue weighted by molar-refractivity contribution is 5.69. The molecule has 92 valence electrons. The van der Waals surface area contributed by atoms with Crippen LogP contribution in [0.1, 0.15) is 18.4 Å². The molecule has 1 atom stereocenters. The van der Waals surface area contributed by atoms with Crippen LogP contribution in [0.15, 0.2) is 24.3 Å². The Morgan fingerprint density at radius 2 is 2.29 bits per heavy atom. The SMILES string of the molecule is COc1ccccc1C1(CC(=O)O)CCOC1. The van der Waals surface area contributed by atoms with E-state index in [4.69, 9.17) is 14.6 Å². The number of ether oxygens (including phenoxy) is 2. The van der Waals surface area contributed by atoms with Crippen molar-refractivity contribution in [3.8, 4) is 5.75 Å². The number of carboxylic acid groups (broad SMARTS) is 1. The molecular formula is C13H16O4. The molecule has 1 heterocycles. The molecule has 4 nitrogen and oxygen atoms in total. The zero-order valence-electron chi connectivity index (χ0n) is 9.81. The van der Waals surface area contributed by atoms with Gasteiger partial charge in [-0.2, -0.15) is 0 Å². The van der Waals surface area contributed by atoms with E-state index in [2.05, 4.69) is 0 Å². The molecule has 1 aliphatic heterocycles. The van der Waals surface area contributed by atoms with E-state index in [0.29, 0.717) is 13.2 Å². The van der Waals surface area contributed by atoms with Crippen LogP contribution in [-0.2, 0) is 14.9 Å². The number of hydrogen-bond acceptors (Lipinski definition) is 3. The number of hydrogen-bond donors (Lipinski definition) is 1. The van der Waals surface area contributed by atoms with Crippen molar-refractivity contribution in [2.45, 2.75) is 18.3 Å².